The largest absolute Gasteiger partial charge is 0.399 e. The van der Waals surface area contributed by atoms with Gasteiger partial charge in [-0.25, -0.2) is 0 Å². The van der Waals surface area contributed by atoms with Crippen LogP contribution in [-0.4, -0.2) is 22.8 Å². The van der Waals surface area contributed by atoms with Crippen molar-refractivity contribution >= 4 is 19.8 Å². The molecule has 1 aliphatic rings. The number of hydrogen-bond donors (Lipinski definition) is 0. The van der Waals surface area contributed by atoms with E-state index in [1.165, 1.54) is 11.1 Å². The average Bonchev–Trinajstić information content (AvgIpc) is 2.27. The quantitative estimate of drug-likeness (QED) is 0.723. The van der Waals surface area contributed by atoms with Gasteiger partial charge in [-0.15, -0.1) is 6.58 Å². The topological polar surface area (TPSA) is 18.5 Å². The molecular formula is C12H14O2Si. The standard InChI is InChI=1S/C12H14O2Si/c1-4-15(13-2,14-3)12-9-10-7-5-6-8-11(10)12/h4-9H,1H2,2-3H3. The summed E-state index contributed by atoms with van der Waals surface area (Å²) in [5.41, 5.74) is 4.29. The van der Waals surface area contributed by atoms with Crippen LogP contribution in [0.2, 0.25) is 0 Å². The Kier molecular flexibility index (Phi) is 2.60. The molecule has 0 radical (unpaired) electrons. The van der Waals surface area contributed by atoms with E-state index in [1.54, 1.807) is 14.2 Å². The molecule has 1 aromatic rings. The molecule has 1 aromatic carbocycles. The van der Waals surface area contributed by atoms with Gasteiger partial charge in [0.25, 0.3) is 0 Å². The molecule has 0 N–H and O–H groups in total. The van der Waals surface area contributed by atoms with Crippen LogP contribution in [0.1, 0.15) is 11.1 Å². The molecule has 0 unspecified atom stereocenters. The van der Waals surface area contributed by atoms with E-state index in [9.17, 15) is 0 Å². The Balaban J connectivity index is 2.39. The van der Waals surface area contributed by atoms with Crippen LogP contribution in [0, 0.1) is 0 Å². The predicted molar refractivity (Wildman–Crippen MR) is 64.3 cm³/mol. The summed E-state index contributed by atoms with van der Waals surface area (Å²) in [5.74, 6) is 0. The Hall–Kier alpha value is -1.16. The molecule has 0 bridgehead atoms. The van der Waals surface area contributed by atoms with Gasteiger partial charge in [-0.1, -0.05) is 24.3 Å². The van der Waals surface area contributed by atoms with Crippen molar-refractivity contribution in [1.29, 1.82) is 0 Å². The van der Waals surface area contributed by atoms with Gasteiger partial charge in [-0.2, -0.15) is 0 Å². The van der Waals surface area contributed by atoms with Gasteiger partial charge >= 0.3 is 8.56 Å². The lowest BCUT2D eigenvalue weighted by Crippen LogP contribution is -2.41. The number of benzene rings is 1. The molecular weight excluding hydrogens is 204 g/mol. The molecule has 2 rings (SSSR count). The number of hydrogen-bond acceptors (Lipinski definition) is 2. The highest BCUT2D eigenvalue weighted by atomic mass is 28.4. The van der Waals surface area contributed by atoms with E-state index in [0.717, 1.165) is 5.20 Å². The van der Waals surface area contributed by atoms with Gasteiger partial charge in [-0.3, -0.25) is 0 Å². The molecule has 0 atom stereocenters. The number of fused-ring (bicyclic) bond motifs is 1. The lowest BCUT2D eigenvalue weighted by molar-refractivity contribution is 0.272. The van der Waals surface area contributed by atoms with Gasteiger partial charge in [-0.05, 0) is 22.9 Å². The number of rotatable bonds is 4. The van der Waals surface area contributed by atoms with E-state index < -0.39 is 8.56 Å². The molecule has 0 saturated carbocycles. The van der Waals surface area contributed by atoms with Gasteiger partial charge in [0.1, 0.15) is 0 Å². The molecule has 0 heterocycles. The summed E-state index contributed by atoms with van der Waals surface area (Å²) in [6, 6.07) is 8.24. The van der Waals surface area contributed by atoms with Crippen LogP contribution in [0.4, 0.5) is 0 Å². The summed E-state index contributed by atoms with van der Waals surface area (Å²) in [6.45, 7) is 3.82. The maximum atomic E-state index is 5.53. The van der Waals surface area contributed by atoms with E-state index >= 15 is 0 Å². The molecule has 15 heavy (non-hydrogen) atoms. The molecule has 0 spiro atoms. The van der Waals surface area contributed by atoms with Gasteiger partial charge in [0.2, 0.25) is 0 Å². The Morgan fingerprint density at radius 1 is 1.20 bits per heavy atom. The Bertz CT molecular complexity index is 419. The first-order valence-electron chi connectivity index (χ1n) is 4.83. The second-order valence-corrected chi connectivity index (χ2v) is 6.52. The first kappa shape index (κ1) is 10.4. The summed E-state index contributed by atoms with van der Waals surface area (Å²) in [4.78, 5) is 0. The van der Waals surface area contributed by atoms with E-state index in [2.05, 4.69) is 24.8 Å². The average molecular weight is 218 g/mol. The van der Waals surface area contributed by atoms with Gasteiger partial charge in [0, 0.05) is 19.4 Å². The molecule has 0 aliphatic heterocycles. The van der Waals surface area contributed by atoms with Crippen molar-refractivity contribution in [1.82, 2.24) is 0 Å². The molecule has 1 aliphatic carbocycles. The minimum atomic E-state index is -2.36. The van der Waals surface area contributed by atoms with Crippen LogP contribution in [0.5, 0.6) is 0 Å². The molecule has 0 amide bonds. The zero-order valence-corrected chi connectivity index (χ0v) is 9.99. The molecule has 2 nitrogen and oxygen atoms in total. The Labute approximate surface area is 91.1 Å². The van der Waals surface area contributed by atoms with Crippen LogP contribution in [0.15, 0.2) is 36.5 Å². The van der Waals surface area contributed by atoms with Crippen LogP contribution >= 0.6 is 0 Å². The van der Waals surface area contributed by atoms with Gasteiger partial charge < -0.3 is 8.85 Å². The highest BCUT2D eigenvalue weighted by Gasteiger charge is 2.41. The maximum Gasteiger partial charge on any atom is 0.399 e. The Morgan fingerprint density at radius 3 is 2.40 bits per heavy atom. The summed E-state index contributed by atoms with van der Waals surface area (Å²) in [5, 5.41) is 1.16. The molecule has 0 aromatic heterocycles. The van der Waals surface area contributed by atoms with Crippen molar-refractivity contribution in [3.63, 3.8) is 0 Å². The molecule has 0 saturated heterocycles. The summed E-state index contributed by atoms with van der Waals surface area (Å²) < 4.78 is 11.1. The zero-order valence-electron chi connectivity index (χ0n) is 8.99. The fourth-order valence-electron chi connectivity index (χ4n) is 1.89. The minimum absolute atomic E-state index is 1.16. The predicted octanol–water partition coefficient (Wildman–Crippen LogP) is 2.54. The fourth-order valence-corrected chi connectivity index (χ4v) is 4.01. The van der Waals surface area contributed by atoms with Crippen molar-refractivity contribution in [2.45, 2.75) is 0 Å². The lowest BCUT2D eigenvalue weighted by atomic mass is 9.98. The van der Waals surface area contributed by atoms with E-state index in [0.29, 0.717) is 0 Å². The normalized spacial score (nSPS) is 13.9. The van der Waals surface area contributed by atoms with E-state index in [-0.39, 0.29) is 0 Å². The van der Waals surface area contributed by atoms with Crippen LogP contribution in [0.3, 0.4) is 0 Å². The van der Waals surface area contributed by atoms with Gasteiger partial charge in [0.15, 0.2) is 0 Å². The van der Waals surface area contributed by atoms with Crippen molar-refractivity contribution in [3.8, 4) is 0 Å². The molecule has 78 valence electrons. The monoisotopic (exact) mass is 218 g/mol. The SMILES string of the molecule is C=C[Si](OC)(OC)C1=Cc2ccccc21. The minimum Gasteiger partial charge on any atom is -0.391 e. The van der Waals surface area contributed by atoms with E-state index in [1.807, 2.05) is 17.8 Å². The third kappa shape index (κ3) is 1.40. The second kappa shape index (κ2) is 3.77. The third-order valence-electron chi connectivity index (χ3n) is 2.80. The highest BCUT2D eigenvalue weighted by molar-refractivity contribution is 6.92. The first-order chi connectivity index (χ1) is 7.27. The first-order valence-corrected chi connectivity index (χ1v) is 6.72. The smallest absolute Gasteiger partial charge is 0.391 e. The molecule has 3 heteroatoms. The van der Waals surface area contributed by atoms with Crippen molar-refractivity contribution < 1.29 is 8.85 Å². The van der Waals surface area contributed by atoms with Crippen LogP contribution < -0.4 is 0 Å². The summed E-state index contributed by atoms with van der Waals surface area (Å²) in [7, 11) is 0.999. The summed E-state index contributed by atoms with van der Waals surface area (Å²) >= 11 is 0. The fraction of sp³-hybridized carbons (Fsp3) is 0.167. The second-order valence-electron chi connectivity index (χ2n) is 3.43. The summed E-state index contributed by atoms with van der Waals surface area (Å²) in [6.07, 6.45) is 2.12. The van der Waals surface area contributed by atoms with Gasteiger partial charge in [0.05, 0.1) is 0 Å². The molecule has 0 fully saturated rings. The zero-order chi connectivity index (χ0) is 10.9. The van der Waals surface area contributed by atoms with Crippen LogP contribution in [0.25, 0.3) is 11.3 Å². The third-order valence-corrected chi connectivity index (χ3v) is 5.72. The van der Waals surface area contributed by atoms with Crippen LogP contribution in [-0.2, 0) is 8.85 Å². The van der Waals surface area contributed by atoms with Crippen molar-refractivity contribution in [2.24, 2.45) is 0 Å². The van der Waals surface area contributed by atoms with Crippen molar-refractivity contribution in [2.75, 3.05) is 14.2 Å². The van der Waals surface area contributed by atoms with Crippen molar-refractivity contribution in [3.05, 3.63) is 47.7 Å². The maximum absolute atomic E-state index is 5.53. The Morgan fingerprint density at radius 2 is 1.87 bits per heavy atom. The van der Waals surface area contributed by atoms with E-state index in [4.69, 9.17) is 8.85 Å². The highest BCUT2D eigenvalue weighted by Crippen LogP contribution is 2.39. The lowest BCUT2D eigenvalue weighted by Gasteiger charge is -2.32.